The molecule has 0 aliphatic carbocycles. The van der Waals surface area contributed by atoms with Crippen LogP contribution in [0.2, 0.25) is 0 Å². The molecule has 3 rings (SSSR count). The van der Waals surface area contributed by atoms with Crippen LogP contribution in [0.3, 0.4) is 0 Å². The lowest BCUT2D eigenvalue weighted by atomic mass is 10.1. The molecule has 0 saturated heterocycles. The van der Waals surface area contributed by atoms with Gasteiger partial charge in [0.15, 0.2) is 11.0 Å². The smallest absolute Gasteiger partial charge is 0.230 e. The number of aryl methyl sites for hydroxylation is 2. The van der Waals surface area contributed by atoms with E-state index in [0.717, 1.165) is 11.3 Å². The van der Waals surface area contributed by atoms with E-state index in [1.807, 2.05) is 36.6 Å². The Morgan fingerprint density at radius 1 is 1.33 bits per heavy atom. The minimum Gasteiger partial charge on any atom is -0.486 e. The normalized spacial score (nSPS) is 10.6. The molecule has 2 heterocycles. The molecule has 1 aromatic carbocycles. The third-order valence-corrected chi connectivity index (χ3v) is 4.10. The topological polar surface area (TPSA) is 94.8 Å². The van der Waals surface area contributed by atoms with Crippen LogP contribution in [0.4, 0.5) is 5.13 Å². The average Bonchev–Trinajstić information content (AvgIpc) is 3.15. The molecule has 2 aromatic heterocycles. The Kier molecular flexibility index (Phi) is 4.80. The zero-order valence-corrected chi connectivity index (χ0v) is 14.1. The number of nitrogens with zero attached hydrogens (tertiary/aromatic N) is 5. The Morgan fingerprint density at radius 2 is 2.12 bits per heavy atom. The lowest BCUT2D eigenvalue weighted by molar-refractivity contribution is -0.115. The van der Waals surface area contributed by atoms with Gasteiger partial charge < -0.3 is 10.1 Å². The molecule has 1 amide bonds. The van der Waals surface area contributed by atoms with Crippen molar-refractivity contribution in [3.63, 3.8) is 0 Å². The number of nitrogens with one attached hydrogen (secondary N) is 1. The molecule has 0 unspecified atom stereocenters. The summed E-state index contributed by atoms with van der Waals surface area (Å²) < 4.78 is 7.17. The maximum atomic E-state index is 12.0. The molecule has 0 saturated carbocycles. The lowest BCUT2D eigenvalue weighted by Gasteiger charge is -2.06. The number of carbonyl (C=O) groups excluding carboxylic acids is 1. The first-order valence-corrected chi connectivity index (χ1v) is 8.13. The summed E-state index contributed by atoms with van der Waals surface area (Å²) in [6.45, 7) is 2.18. The number of tetrazole rings is 1. The van der Waals surface area contributed by atoms with Crippen LogP contribution in [0.15, 0.2) is 29.6 Å². The van der Waals surface area contributed by atoms with Crippen LogP contribution in [-0.2, 0) is 24.9 Å². The standard InChI is InChI=1S/C15H16N6O2S/c1-10-9-24-15(16-10)17-14(22)7-11-3-5-12(6-4-11)23-8-13-18-19-20-21(13)2/h3-6,9H,7-8H2,1-2H3,(H,16,17,22). The summed E-state index contributed by atoms with van der Waals surface area (Å²) in [6, 6.07) is 7.35. The number of aromatic nitrogens is 5. The zero-order valence-electron chi connectivity index (χ0n) is 13.3. The number of hydrogen-bond donors (Lipinski definition) is 1. The molecule has 0 atom stereocenters. The molecule has 9 heteroatoms. The number of anilines is 1. The number of ether oxygens (including phenoxy) is 1. The number of rotatable bonds is 6. The summed E-state index contributed by atoms with van der Waals surface area (Å²) in [5.74, 6) is 1.23. The summed E-state index contributed by atoms with van der Waals surface area (Å²) in [5, 5.41) is 16.4. The van der Waals surface area contributed by atoms with E-state index >= 15 is 0 Å². The third-order valence-electron chi connectivity index (χ3n) is 3.23. The minimum absolute atomic E-state index is 0.0943. The van der Waals surface area contributed by atoms with E-state index in [1.54, 1.807) is 11.7 Å². The molecule has 0 spiro atoms. The van der Waals surface area contributed by atoms with Crippen molar-refractivity contribution in [1.82, 2.24) is 25.2 Å². The molecule has 0 aliphatic heterocycles. The van der Waals surface area contributed by atoms with Crippen molar-refractivity contribution in [3.8, 4) is 5.75 Å². The highest BCUT2D eigenvalue weighted by molar-refractivity contribution is 7.13. The Labute approximate surface area is 142 Å². The van der Waals surface area contributed by atoms with Gasteiger partial charge in [-0.25, -0.2) is 9.67 Å². The molecule has 1 N–H and O–H groups in total. The number of carbonyl (C=O) groups is 1. The van der Waals surface area contributed by atoms with Crippen LogP contribution in [0.5, 0.6) is 5.75 Å². The lowest BCUT2D eigenvalue weighted by Crippen LogP contribution is -2.14. The number of hydrogen-bond acceptors (Lipinski definition) is 7. The first kappa shape index (κ1) is 16.1. The van der Waals surface area contributed by atoms with Crippen LogP contribution in [-0.4, -0.2) is 31.1 Å². The van der Waals surface area contributed by atoms with Gasteiger partial charge in [-0.3, -0.25) is 4.79 Å². The molecular weight excluding hydrogens is 328 g/mol. The fraction of sp³-hybridized carbons (Fsp3) is 0.267. The molecule has 24 heavy (non-hydrogen) atoms. The fourth-order valence-electron chi connectivity index (χ4n) is 1.98. The first-order chi connectivity index (χ1) is 11.6. The first-order valence-electron chi connectivity index (χ1n) is 7.25. The highest BCUT2D eigenvalue weighted by atomic mass is 32.1. The Balaban J connectivity index is 1.52. The van der Waals surface area contributed by atoms with Crippen molar-refractivity contribution in [2.24, 2.45) is 7.05 Å². The maximum absolute atomic E-state index is 12.0. The van der Waals surface area contributed by atoms with Gasteiger partial charge in [0.25, 0.3) is 0 Å². The average molecular weight is 344 g/mol. The number of amides is 1. The molecule has 3 aromatic rings. The summed E-state index contributed by atoms with van der Waals surface area (Å²) in [5.41, 5.74) is 1.79. The van der Waals surface area contributed by atoms with Gasteiger partial charge in [-0.2, -0.15) is 0 Å². The molecule has 0 aliphatic rings. The second-order valence-electron chi connectivity index (χ2n) is 5.17. The van der Waals surface area contributed by atoms with Gasteiger partial charge in [0.1, 0.15) is 12.4 Å². The molecule has 0 bridgehead atoms. The van der Waals surface area contributed by atoms with E-state index in [2.05, 4.69) is 25.8 Å². The van der Waals surface area contributed by atoms with Gasteiger partial charge in [-0.1, -0.05) is 12.1 Å². The van der Waals surface area contributed by atoms with Gasteiger partial charge in [0.2, 0.25) is 5.91 Å². The van der Waals surface area contributed by atoms with Crippen molar-refractivity contribution in [2.45, 2.75) is 20.0 Å². The SMILES string of the molecule is Cc1csc(NC(=O)Cc2ccc(OCc3nnnn3C)cc2)n1. The van der Waals surface area contributed by atoms with Crippen molar-refractivity contribution in [3.05, 3.63) is 46.7 Å². The second-order valence-corrected chi connectivity index (χ2v) is 6.03. The van der Waals surface area contributed by atoms with Gasteiger partial charge in [0, 0.05) is 12.4 Å². The Hall–Kier alpha value is -2.81. The highest BCUT2D eigenvalue weighted by Gasteiger charge is 2.07. The summed E-state index contributed by atoms with van der Waals surface area (Å²) in [7, 11) is 1.75. The van der Waals surface area contributed by atoms with Gasteiger partial charge >= 0.3 is 0 Å². The second kappa shape index (κ2) is 7.18. The summed E-state index contributed by atoms with van der Waals surface area (Å²) in [6.07, 6.45) is 0.284. The van der Waals surface area contributed by atoms with Crippen molar-refractivity contribution in [1.29, 1.82) is 0 Å². The number of thiazole rings is 1. The fourth-order valence-corrected chi connectivity index (χ4v) is 2.69. The molecule has 0 fully saturated rings. The van der Waals surface area contributed by atoms with E-state index in [1.165, 1.54) is 11.3 Å². The van der Waals surface area contributed by atoms with E-state index in [4.69, 9.17) is 4.74 Å². The van der Waals surface area contributed by atoms with E-state index in [0.29, 0.717) is 16.7 Å². The van der Waals surface area contributed by atoms with Crippen LogP contribution >= 0.6 is 11.3 Å². The minimum atomic E-state index is -0.0943. The van der Waals surface area contributed by atoms with Gasteiger partial charge in [-0.15, -0.1) is 16.4 Å². The Bertz CT molecular complexity index is 827. The van der Waals surface area contributed by atoms with Crippen molar-refractivity contribution in [2.75, 3.05) is 5.32 Å². The van der Waals surface area contributed by atoms with E-state index in [9.17, 15) is 4.79 Å². The molecular formula is C15H16N6O2S. The monoisotopic (exact) mass is 344 g/mol. The van der Waals surface area contributed by atoms with E-state index in [-0.39, 0.29) is 18.9 Å². The molecule has 0 radical (unpaired) electrons. The predicted molar refractivity (Wildman–Crippen MR) is 88.8 cm³/mol. The van der Waals surface area contributed by atoms with Crippen LogP contribution in [0, 0.1) is 6.92 Å². The Morgan fingerprint density at radius 3 is 2.75 bits per heavy atom. The van der Waals surface area contributed by atoms with Gasteiger partial charge in [0.05, 0.1) is 12.1 Å². The largest absolute Gasteiger partial charge is 0.486 e. The van der Waals surface area contributed by atoms with Crippen LogP contribution in [0.25, 0.3) is 0 Å². The quantitative estimate of drug-likeness (QED) is 0.732. The summed E-state index contributed by atoms with van der Waals surface area (Å²) >= 11 is 1.42. The zero-order chi connectivity index (χ0) is 16.9. The predicted octanol–water partition coefficient (Wildman–Crippen LogP) is 1.74. The highest BCUT2D eigenvalue weighted by Crippen LogP contribution is 2.16. The maximum Gasteiger partial charge on any atom is 0.230 e. The van der Waals surface area contributed by atoms with Gasteiger partial charge in [-0.05, 0) is 35.0 Å². The molecule has 124 valence electrons. The van der Waals surface area contributed by atoms with Crippen molar-refractivity contribution >= 4 is 22.4 Å². The van der Waals surface area contributed by atoms with Crippen molar-refractivity contribution < 1.29 is 9.53 Å². The summed E-state index contributed by atoms with van der Waals surface area (Å²) in [4.78, 5) is 16.2. The third kappa shape index (κ3) is 4.13. The van der Waals surface area contributed by atoms with Crippen LogP contribution < -0.4 is 10.1 Å². The molecule has 8 nitrogen and oxygen atoms in total. The van der Waals surface area contributed by atoms with E-state index < -0.39 is 0 Å². The number of benzene rings is 1. The van der Waals surface area contributed by atoms with Crippen LogP contribution in [0.1, 0.15) is 17.1 Å².